The number of likely N-dealkylation sites (tertiary alicyclic amines) is 1. The van der Waals surface area contributed by atoms with E-state index in [1.54, 1.807) is 6.20 Å². The van der Waals surface area contributed by atoms with Gasteiger partial charge >= 0.3 is 0 Å². The minimum absolute atomic E-state index is 0.141. The number of aryl methyl sites for hydroxylation is 1. The largest absolute Gasteiger partial charge is 0.493 e. The molecule has 0 atom stereocenters. The van der Waals surface area contributed by atoms with Crippen molar-refractivity contribution >= 4 is 34.0 Å². The molecule has 1 saturated heterocycles. The second-order valence-corrected chi connectivity index (χ2v) is 10.6. The molecule has 2 heterocycles. The zero-order valence-corrected chi connectivity index (χ0v) is 22.0. The lowest BCUT2D eigenvalue weighted by molar-refractivity contribution is -0.132. The average molecular weight is 500 g/mol. The van der Waals surface area contributed by atoms with Gasteiger partial charge in [-0.25, -0.2) is 0 Å². The quantitative estimate of drug-likeness (QED) is 0.315. The van der Waals surface area contributed by atoms with Crippen LogP contribution in [0, 0.1) is 18.8 Å². The van der Waals surface area contributed by atoms with Gasteiger partial charge in [-0.05, 0) is 80.7 Å². The van der Waals surface area contributed by atoms with Gasteiger partial charge in [0, 0.05) is 43.2 Å². The molecule has 1 saturated carbocycles. The highest BCUT2D eigenvalue weighted by Crippen LogP contribution is 2.38. The molecule has 6 nitrogen and oxygen atoms in total. The molecule has 37 heavy (non-hydrogen) atoms. The number of piperidine rings is 1. The third kappa shape index (κ3) is 6.12. The summed E-state index contributed by atoms with van der Waals surface area (Å²) in [6, 6.07) is 14.0. The van der Waals surface area contributed by atoms with E-state index in [4.69, 9.17) is 4.74 Å². The van der Waals surface area contributed by atoms with E-state index in [0.29, 0.717) is 36.8 Å². The molecule has 0 bridgehead atoms. The van der Waals surface area contributed by atoms with Gasteiger partial charge in [-0.15, -0.1) is 0 Å². The van der Waals surface area contributed by atoms with Crippen LogP contribution in [0.5, 0.6) is 5.75 Å². The molecule has 1 N–H and O–H groups in total. The van der Waals surface area contributed by atoms with E-state index in [9.17, 15) is 9.59 Å². The Labute approximate surface area is 219 Å². The molecule has 1 aromatic heterocycles. The standard InChI is InChI=1S/C31H37N3O3/c1-3-7-30(36)34-14-12-23(13-15-34)20-37-29-18-25-27(16-21(29)2)32-19-26(28(35)17-22-10-11-22)31(25)33-24-8-5-4-6-9-24/h4-6,8-9,16,18-19,22-23H,3,7,10-15,17,20H2,1-2H3,(H,32,33). The monoisotopic (exact) mass is 499 g/mol. The fraction of sp³-hybridized carbons (Fsp3) is 0.452. The second-order valence-electron chi connectivity index (χ2n) is 10.6. The number of benzene rings is 2. The number of ketones is 1. The minimum Gasteiger partial charge on any atom is -0.493 e. The van der Waals surface area contributed by atoms with Crippen LogP contribution < -0.4 is 10.1 Å². The first-order valence-electron chi connectivity index (χ1n) is 13.7. The summed E-state index contributed by atoms with van der Waals surface area (Å²) in [5, 5.41) is 4.41. The van der Waals surface area contributed by atoms with Gasteiger partial charge in [0.15, 0.2) is 5.78 Å². The highest BCUT2D eigenvalue weighted by Gasteiger charge is 2.27. The Morgan fingerprint density at radius 3 is 2.51 bits per heavy atom. The number of amides is 1. The Hall–Kier alpha value is -3.41. The van der Waals surface area contributed by atoms with Crippen molar-refractivity contribution in [2.45, 2.75) is 58.8 Å². The van der Waals surface area contributed by atoms with Crippen molar-refractivity contribution in [3.8, 4) is 5.75 Å². The van der Waals surface area contributed by atoms with Crippen LogP contribution in [-0.4, -0.2) is 41.3 Å². The number of rotatable bonds is 10. The molecule has 6 heteroatoms. The number of aromatic nitrogens is 1. The van der Waals surface area contributed by atoms with Gasteiger partial charge in [-0.2, -0.15) is 0 Å². The van der Waals surface area contributed by atoms with Crippen LogP contribution in [0.4, 0.5) is 11.4 Å². The summed E-state index contributed by atoms with van der Waals surface area (Å²) in [6.07, 6.45) is 8.03. The molecule has 0 radical (unpaired) electrons. The van der Waals surface area contributed by atoms with E-state index < -0.39 is 0 Å². The summed E-state index contributed by atoms with van der Waals surface area (Å²) in [5.74, 6) is 2.16. The number of hydrogen-bond donors (Lipinski definition) is 1. The van der Waals surface area contributed by atoms with Crippen LogP contribution in [0.1, 0.15) is 67.8 Å². The summed E-state index contributed by atoms with van der Waals surface area (Å²) < 4.78 is 6.36. The number of nitrogens with zero attached hydrogens (tertiary/aromatic N) is 2. The van der Waals surface area contributed by atoms with Gasteiger partial charge in [0.2, 0.25) is 5.91 Å². The van der Waals surface area contributed by atoms with Crippen LogP contribution in [-0.2, 0) is 4.79 Å². The molecule has 2 aliphatic rings. The van der Waals surface area contributed by atoms with E-state index in [1.165, 1.54) is 0 Å². The number of carbonyl (C=O) groups excluding carboxylic acids is 2. The first-order chi connectivity index (χ1) is 18.0. The lowest BCUT2D eigenvalue weighted by atomic mass is 9.97. The van der Waals surface area contributed by atoms with Crippen molar-refractivity contribution in [1.82, 2.24) is 9.88 Å². The number of carbonyl (C=O) groups is 2. The smallest absolute Gasteiger partial charge is 0.222 e. The molecular weight excluding hydrogens is 462 g/mol. The predicted molar refractivity (Wildman–Crippen MR) is 148 cm³/mol. The lowest BCUT2D eigenvalue weighted by Crippen LogP contribution is -2.39. The highest BCUT2D eigenvalue weighted by atomic mass is 16.5. The van der Waals surface area contributed by atoms with Crippen molar-refractivity contribution in [2.24, 2.45) is 11.8 Å². The normalized spacial score (nSPS) is 16.1. The van der Waals surface area contributed by atoms with Crippen molar-refractivity contribution in [3.05, 3.63) is 59.8 Å². The number of Topliss-reactive ketones (excluding diaryl/α,β-unsaturated/α-hetero) is 1. The summed E-state index contributed by atoms with van der Waals surface area (Å²) in [6.45, 7) is 6.33. The van der Waals surface area contributed by atoms with Gasteiger partial charge in [-0.3, -0.25) is 14.6 Å². The number of hydrogen-bond acceptors (Lipinski definition) is 5. The molecular formula is C31H37N3O3. The molecule has 5 rings (SSSR count). The third-order valence-electron chi connectivity index (χ3n) is 7.58. The molecule has 1 aliphatic heterocycles. The molecule has 0 unspecified atom stereocenters. The first-order valence-corrected chi connectivity index (χ1v) is 13.7. The number of ether oxygens (including phenoxy) is 1. The summed E-state index contributed by atoms with van der Waals surface area (Å²) >= 11 is 0. The van der Waals surface area contributed by atoms with Crippen molar-refractivity contribution < 1.29 is 14.3 Å². The van der Waals surface area contributed by atoms with Gasteiger partial charge in [-0.1, -0.05) is 25.1 Å². The number of pyridine rings is 1. The van der Waals surface area contributed by atoms with Gasteiger partial charge in [0.05, 0.1) is 23.4 Å². The van der Waals surface area contributed by atoms with Crippen LogP contribution >= 0.6 is 0 Å². The van der Waals surface area contributed by atoms with Gasteiger partial charge in [0.1, 0.15) is 5.75 Å². The summed E-state index contributed by atoms with van der Waals surface area (Å²) in [7, 11) is 0. The third-order valence-corrected chi connectivity index (χ3v) is 7.58. The molecule has 1 aliphatic carbocycles. The van der Waals surface area contributed by atoms with E-state index in [1.807, 2.05) is 61.2 Å². The molecule has 2 aromatic carbocycles. The molecule has 194 valence electrons. The van der Waals surface area contributed by atoms with Crippen LogP contribution in [0.15, 0.2) is 48.7 Å². The zero-order chi connectivity index (χ0) is 25.8. The number of anilines is 2. The Morgan fingerprint density at radius 2 is 1.81 bits per heavy atom. The van der Waals surface area contributed by atoms with Crippen molar-refractivity contribution in [3.63, 3.8) is 0 Å². The number of nitrogens with one attached hydrogen (secondary N) is 1. The number of fused-ring (bicyclic) bond motifs is 1. The van der Waals surface area contributed by atoms with Crippen LogP contribution in [0.3, 0.4) is 0 Å². The van der Waals surface area contributed by atoms with E-state index in [-0.39, 0.29) is 11.7 Å². The van der Waals surface area contributed by atoms with Crippen LogP contribution in [0.2, 0.25) is 0 Å². The highest BCUT2D eigenvalue weighted by molar-refractivity contribution is 6.09. The Morgan fingerprint density at radius 1 is 1.05 bits per heavy atom. The van der Waals surface area contributed by atoms with E-state index in [2.05, 4.69) is 10.3 Å². The first kappa shape index (κ1) is 25.2. The maximum atomic E-state index is 13.2. The van der Waals surface area contributed by atoms with E-state index >= 15 is 0 Å². The molecule has 3 aromatic rings. The Kier molecular flexibility index (Phi) is 7.73. The topological polar surface area (TPSA) is 71.5 Å². The summed E-state index contributed by atoms with van der Waals surface area (Å²) in [5.41, 5.74) is 4.24. The van der Waals surface area contributed by atoms with Crippen molar-refractivity contribution in [1.29, 1.82) is 0 Å². The fourth-order valence-corrected chi connectivity index (χ4v) is 5.11. The lowest BCUT2D eigenvalue weighted by Gasteiger charge is -2.32. The van der Waals surface area contributed by atoms with E-state index in [0.717, 1.165) is 78.8 Å². The fourth-order valence-electron chi connectivity index (χ4n) is 5.11. The Bertz CT molecular complexity index is 1260. The summed E-state index contributed by atoms with van der Waals surface area (Å²) in [4.78, 5) is 32.1. The maximum absolute atomic E-state index is 13.2. The molecule has 0 spiro atoms. The average Bonchev–Trinajstić information content (AvgIpc) is 3.72. The SMILES string of the molecule is CCCC(=O)N1CCC(COc2cc3c(Nc4ccccc4)c(C(=O)CC4CC4)cnc3cc2C)CC1. The molecule has 2 fully saturated rings. The van der Waals surface area contributed by atoms with Crippen molar-refractivity contribution in [2.75, 3.05) is 25.0 Å². The van der Waals surface area contributed by atoms with Gasteiger partial charge < -0.3 is 15.0 Å². The predicted octanol–water partition coefficient (Wildman–Crippen LogP) is 6.69. The Balaban J connectivity index is 1.38. The zero-order valence-electron chi connectivity index (χ0n) is 22.0. The van der Waals surface area contributed by atoms with Crippen LogP contribution in [0.25, 0.3) is 10.9 Å². The maximum Gasteiger partial charge on any atom is 0.222 e. The second kappa shape index (κ2) is 11.3. The molecule has 1 amide bonds. The van der Waals surface area contributed by atoms with Gasteiger partial charge in [0.25, 0.3) is 0 Å². The number of para-hydroxylation sites is 1. The minimum atomic E-state index is 0.141.